The van der Waals surface area contributed by atoms with Gasteiger partial charge in [-0.3, -0.25) is 14.2 Å². The molecule has 124 valence electrons. The molecule has 0 N–H and O–H groups in total. The molecule has 0 aliphatic carbocycles. The van der Waals surface area contributed by atoms with Crippen molar-refractivity contribution in [3.8, 4) is 0 Å². The van der Waals surface area contributed by atoms with Crippen LogP contribution in [0.4, 0.5) is 0 Å². The number of aromatic nitrogens is 4. The number of morpholine rings is 1. The van der Waals surface area contributed by atoms with Gasteiger partial charge in [-0.05, 0) is 11.4 Å². The van der Waals surface area contributed by atoms with Crippen molar-refractivity contribution in [1.29, 1.82) is 0 Å². The summed E-state index contributed by atoms with van der Waals surface area (Å²) in [6.07, 6.45) is 2.62. The summed E-state index contributed by atoms with van der Waals surface area (Å²) in [6, 6.07) is 1.30. The molecule has 0 saturated carbocycles. The predicted molar refractivity (Wildman–Crippen MR) is 83.5 cm³/mol. The van der Waals surface area contributed by atoms with Gasteiger partial charge in [0.1, 0.15) is 17.4 Å². The number of amides is 1. The molecule has 4 heterocycles. The lowest BCUT2D eigenvalue weighted by Gasteiger charge is -2.33. The molecule has 3 aromatic heterocycles. The van der Waals surface area contributed by atoms with Crippen LogP contribution >= 0.6 is 11.3 Å². The summed E-state index contributed by atoms with van der Waals surface area (Å²) in [5, 5.41) is 6.12. The van der Waals surface area contributed by atoms with Gasteiger partial charge in [-0.15, -0.1) is 11.3 Å². The first kappa shape index (κ1) is 15.0. The second kappa shape index (κ2) is 6.13. The molecule has 1 unspecified atom stereocenters. The highest BCUT2D eigenvalue weighted by Gasteiger charge is 2.31. The zero-order chi connectivity index (χ0) is 16.5. The molecule has 0 spiro atoms. The minimum atomic E-state index is -0.418. The molecule has 0 radical (unpaired) electrons. The Morgan fingerprint density at radius 1 is 1.42 bits per heavy atom. The Bertz CT molecular complexity index is 919. The Balaban J connectivity index is 1.59. The first-order valence-electron chi connectivity index (χ1n) is 7.30. The fraction of sp³-hybridized carbons (Fsp3) is 0.357. The molecule has 1 amide bonds. The lowest BCUT2D eigenvalue weighted by atomic mass is 10.2. The number of nitrogens with zero attached hydrogens (tertiary/aromatic N) is 5. The number of hydrogen-bond acceptors (Lipinski definition) is 8. The maximum absolute atomic E-state index is 12.7. The first-order chi connectivity index (χ1) is 11.7. The molecular formula is C14H13N5O4S. The largest absolute Gasteiger partial charge is 0.377 e. The second-order valence-electron chi connectivity index (χ2n) is 5.28. The van der Waals surface area contributed by atoms with E-state index in [-0.39, 0.29) is 18.0 Å². The van der Waals surface area contributed by atoms with Crippen LogP contribution in [0, 0.1) is 0 Å². The Hall–Kier alpha value is -2.59. The van der Waals surface area contributed by atoms with Gasteiger partial charge in [0, 0.05) is 6.54 Å². The number of ether oxygens (including phenoxy) is 1. The van der Waals surface area contributed by atoms with Gasteiger partial charge in [0.05, 0.1) is 24.9 Å². The number of carbonyl (C=O) groups is 1. The van der Waals surface area contributed by atoms with Crippen molar-refractivity contribution in [2.45, 2.75) is 12.6 Å². The maximum atomic E-state index is 12.7. The zero-order valence-electron chi connectivity index (χ0n) is 12.5. The van der Waals surface area contributed by atoms with Gasteiger partial charge in [-0.25, -0.2) is 4.98 Å². The van der Waals surface area contributed by atoms with Gasteiger partial charge in [0.25, 0.3) is 5.56 Å². The highest BCUT2D eigenvalue weighted by atomic mass is 32.1. The van der Waals surface area contributed by atoms with Crippen molar-refractivity contribution in [2.24, 2.45) is 0 Å². The monoisotopic (exact) mass is 347 g/mol. The summed E-state index contributed by atoms with van der Waals surface area (Å²) < 4.78 is 11.5. The highest BCUT2D eigenvalue weighted by Crippen LogP contribution is 2.21. The van der Waals surface area contributed by atoms with E-state index in [1.165, 1.54) is 28.6 Å². The summed E-state index contributed by atoms with van der Waals surface area (Å²) in [6.45, 7) is 1.03. The minimum absolute atomic E-state index is 0.0913. The van der Waals surface area contributed by atoms with Crippen LogP contribution in [0.15, 0.2) is 33.5 Å². The van der Waals surface area contributed by atoms with E-state index < -0.39 is 6.04 Å². The third kappa shape index (κ3) is 2.59. The van der Waals surface area contributed by atoms with Crippen molar-refractivity contribution in [2.75, 3.05) is 19.8 Å². The molecule has 1 aliphatic heterocycles. The molecule has 1 atom stereocenters. The van der Waals surface area contributed by atoms with Crippen LogP contribution in [-0.2, 0) is 16.1 Å². The van der Waals surface area contributed by atoms with Crippen LogP contribution in [0.2, 0.25) is 0 Å². The van der Waals surface area contributed by atoms with E-state index >= 15 is 0 Å². The van der Waals surface area contributed by atoms with Gasteiger partial charge in [0.2, 0.25) is 12.3 Å². The van der Waals surface area contributed by atoms with E-state index in [1.807, 2.05) is 0 Å². The van der Waals surface area contributed by atoms with E-state index in [0.717, 1.165) is 0 Å². The lowest BCUT2D eigenvalue weighted by molar-refractivity contribution is -0.141. The molecule has 1 fully saturated rings. The van der Waals surface area contributed by atoms with Crippen LogP contribution in [0.1, 0.15) is 11.9 Å². The molecule has 3 aromatic rings. The fourth-order valence-corrected chi connectivity index (χ4v) is 3.41. The quantitative estimate of drug-likeness (QED) is 0.677. The molecule has 10 heteroatoms. The van der Waals surface area contributed by atoms with E-state index in [2.05, 4.69) is 15.1 Å². The number of fused-ring (bicyclic) bond motifs is 1. The predicted octanol–water partition coefficient (Wildman–Crippen LogP) is 0.441. The minimum Gasteiger partial charge on any atom is -0.377 e. The Morgan fingerprint density at radius 3 is 3.17 bits per heavy atom. The molecule has 1 saturated heterocycles. The smallest absolute Gasteiger partial charge is 0.262 e. The van der Waals surface area contributed by atoms with Crippen LogP contribution < -0.4 is 5.56 Å². The molecule has 4 rings (SSSR count). The standard InChI is InChI=1S/C14H13N5O4S/c20-11(5-18-7-15-13-9(14(18)21)1-4-24-13)19-2-3-22-6-10(19)12-16-8-23-17-12/h1,4,7-8,10H,2-3,5-6H2. The summed E-state index contributed by atoms with van der Waals surface area (Å²) in [5.74, 6) is 0.174. The average Bonchev–Trinajstić information content (AvgIpc) is 3.29. The van der Waals surface area contributed by atoms with Gasteiger partial charge < -0.3 is 14.2 Å². The summed E-state index contributed by atoms with van der Waals surface area (Å²) >= 11 is 1.39. The van der Waals surface area contributed by atoms with Gasteiger partial charge in [0.15, 0.2) is 5.82 Å². The average molecular weight is 347 g/mol. The number of hydrogen-bond donors (Lipinski definition) is 0. The van der Waals surface area contributed by atoms with Gasteiger partial charge in [-0.2, -0.15) is 4.98 Å². The van der Waals surface area contributed by atoms with Crippen LogP contribution in [-0.4, -0.2) is 50.3 Å². The number of thiophene rings is 1. The zero-order valence-corrected chi connectivity index (χ0v) is 13.3. The SMILES string of the molecule is O=C(Cn1cnc2sccc2c1=O)N1CCOCC1c1ncon1. The molecular weight excluding hydrogens is 334 g/mol. The van der Waals surface area contributed by atoms with E-state index in [9.17, 15) is 9.59 Å². The molecule has 0 bridgehead atoms. The van der Waals surface area contributed by atoms with Gasteiger partial charge >= 0.3 is 0 Å². The van der Waals surface area contributed by atoms with Crippen molar-refractivity contribution >= 4 is 27.5 Å². The Kier molecular flexibility index (Phi) is 3.82. The third-order valence-electron chi connectivity index (χ3n) is 3.88. The van der Waals surface area contributed by atoms with E-state index in [1.54, 1.807) is 16.3 Å². The topological polar surface area (TPSA) is 103 Å². The molecule has 1 aliphatic rings. The molecule has 24 heavy (non-hydrogen) atoms. The first-order valence-corrected chi connectivity index (χ1v) is 8.18. The third-order valence-corrected chi connectivity index (χ3v) is 4.70. The fourth-order valence-electron chi connectivity index (χ4n) is 2.68. The second-order valence-corrected chi connectivity index (χ2v) is 6.18. The Labute approximate surface area is 139 Å². The summed E-state index contributed by atoms with van der Waals surface area (Å²) in [5.41, 5.74) is -0.223. The van der Waals surface area contributed by atoms with Gasteiger partial charge in [-0.1, -0.05) is 5.16 Å². The van der Waals surface area contributed by atoms with Crippen LogP contribution in [0.5, 0.6) is 0 Å². The highest BCUT2D eigenvalue weighted by molar-refractivity contribution is 7.16. The summed E-state index contributed by atoms with van der Waals surface area (Å²) in [7, 11) is 0. The van der Waals surface area contributed by atoms with E-state index in [0.29, 0.717) is 35.8 Å². The lowest BCUT2D eigenvalue weighted by Crippen LogP contribution is -2.46. The maximum Gasteiger partial charge on any atom is 0.262 e. The van der Waals surface area contributed by atoms with Crippen molar-refractivity contribution in [1.82, 2.24) is 24.6 Å². The van der Waals surface area contributed by atoms with Crippen LogP contribution in [0.25, 0.3) is 10.2 Å². The molecule has 0 aromatic carbocycles. The molecule has 9 nitrogen and oxygen atoms in total. The van der Waals surface area contributed by atoms with Crippen molar-refractivity contribution in [3.05, 3.63) is 40.3 Å². The Morgan fingerprint density at radius 2 is 2.33 bits per heavy atom. The number of rotatable bonds is 3. The summed E-state index contributed by atoms with van der Waals surface area (Å²) in [4.78, 5) is 35.6. The van der Waals surface area contributed by atoms with Crippen LogP contribution in [0.3, 0.4) is 0 Å². The van der Waals surface area contributed by atoms with Crippen molar-refractivity contribution in [3.63, 3.8) is 0 Å². The normalized spacial score (nSPS) is 18.2. The number of carbonyl (C=O) groups excluding carboxylic acids is 1. The van der Waals surface area contributed by atoms with Crippen molar-refractivity contribution < 1.29 is 14.1 Å². The van der Waals surface area contributed by atoms with E-state index in [4.69, 9.17) is 9.26 Å².